The number of hydrogen-bond acceptors (Lipinski definition) is 5. The number of fused-ring (bicyclic) bond motifs is 1. The van der Waals surface area contributed by atoms with Crippen LogP contribution >= 0.6 is 0 Å². The second-order valence-electron chi connectivity index (χ2n) is 5.08. The SMILES string of the molecule is COc1ccc(NC(=O)/C=C/c2cnc3ccccn23)cc1[N+](=O)[O-]. The average Bonchev–Trinajstić information content (AvgIpc) is 3.03. The molecule has 8 nitrogen and oxygen atoms in total. The molecule has 1 amide bonds. The molecule has 8 heteroatoms. The Bertz CT molecular complexity index is 978. The number of carbonyl (C=O) groups is 1. The van der Waals surface area contributed by atoms with Gasteiger partial charge in [-0.05, 0) is 30.3 Å². The summed E-state index contributed by atoms with van der Waals surface area (Å²) in [5, 5.41) is 13.6. The van der Waals surface area contributed by atoms with Gasteiger partial charge < -0.3 is 14.5 Å². The van der Waals surface area contributed by atoms with E-state index >= 15 is 0 Å². The number of hydrogen-bond donors (Lipinski definition) is 1. The second kappa shape index (κ2) is 6.83. The van der Waals surface area contributed by atoms with Crippen molar-refractivity contribution in [1.29, 1.82) is 0 Å². The van der Waals surface area contributed by atoms with Crippen molar-refractivity contribution in [2.24, 2.45) is 0 Å². The Labute approximate surface area is 142 Å². The van der Waals surface area contributed by atoms with Crippen LogP contribution in [0.1, 0.15) is 5.69 Å². The number of nitrogens with zero attached hydrogens (tertiary/aromatic N) is 3. The summed E-state index contributed by atoms with van der Waals surface area (Å²) in [6.45, 7) is 0. The minimum atomic E-state index is -0.567. The van der Waals surface area contributed by atoms with Crippen molar-refractivity contribution in [1.82, 2.24) is 9.38 Å². The summed E-state index contributed by atoms with van der Waals surface area (Å²) in [7, 11) is 1.35. The third-order valence-electron chi connectivity index (χ3n) is 3.49. The maximum atomic E-state index is 12.1. The monoisotopic (exact) mass is 338 g/mol. The number of imidazole rings is 1. The molecule has 25 heavy (non-hydrogen) atoms. The van der Waals surface area contributed by atoms with Crippen molar-refractivity contribution in [2.45, 2.75) is 0 Å². The third kappa shape index (κ3) is 3.47. The van der Waals surface area contributed by atoms with E-state index in [0.29, 0.717) is 5.69 Å². The van der Waals surface area contributed by atoms with E-state index in [9.17, 15) is 14.9 Å². The molecule has 2 aromatic heterocycles. The number of benzene rings is 1. The fraction of sp³-hybridized carbons (Fsp3) is 0.0588. The summed E-state index contributed by atoms with van der Waals surface area (Å²) < 4.78 is 6.76. The Morgan fingerprint density at radius 3 is 2.96 bits per heavy atom. The Balaban J connectivity index is 1.76. The van der Waals surface area contributed by atoms with Gasteiger partial charge in [-0.3, -0.25) is 14.9 Å². The predicted molar refractivity (Wildman–Crippen MR) is 92.5 cm³/mol. The summed E-state index contributed by atoms with van der Waals surface area (Å²) in [6.07, 6.45) is 6.45. The van der Waals surface area contributed by atoms with Gasteiger partial charge in [0.1, 0.15) is 5.65 Å². The van der Waals surface area contributed by atoms with Gasteiger partial charge >= 0.3 is 5.69 Å². The first-order chi connectivity index (χ1) is 12.1. The van der Waals surface area contributed by atoms with Crippen molar-refractivity contribution >= 4 is 29.0 Å². The van der Waals surface area contributed by atoms with Crippen LogP contribution in [0.3, 0.4) is 0 Å². The maximum absolute atomic E-state index is 12.1. The number of aromatic nitrogens is 2. The van der Waals surface area contributed by atoms with Crippen LogP contribution < -0.4 is 10.1 Å². The van der Waals surface area contributed by atoms with E-state index in [1.165, 1.54) is 31.4 Å². The molecule has 0 fully saturated rings. The molecule has 3 rings (SSSR count). The van der Waals surface area contributed by atoms with Crippen molar-refractivity contribution in [3.8, 4) is 5.75 Å². The lowest BCUT2D eigenvalue weighted by Gasteiger charge is -2.05. The lowest BCUT2D eigenvalue weighted by molar-refractivity contribution is -0.385. The van der Waals surface area contributed by atoms with Gasteiger partial charge in [0.15, 0.2) is 5.75 Å². The molecule has 0 unspecified atom stereocenters. The molecule has 0 radical (unpaired) electrons. The fourth-order valence-corrected chi connectivity index (χ4v) is 2.33. The summed E-state index contributed by atoms with van der Waals surface area (Å²) in [4.78, 5) is 26.7. The maximum Gasteiger partial charge on any atom is 0.312 e. The van der Waals surface area contributed by atoms with Gasteiger partial charge in [0.05, 0.1) is 23.9 Å². The molecule has 1 N–H and O–H groups in total. The third-order valence-corrected chi connectivity index (χ3v) is 3.49. The Hall–Kier alpha value is -3.68. The molecule has 0 saturated carbocycles. The zero-order valence-electron chi connectivity index (χ0n) is 13.2. The first-order valence-electron chi connectivity index (χ1n) is 7.32. The van der Waals surface area contributed by atoms with E-state index in [0.717, 1.165) is 11.3 Å². The van der Waals surface area contributed by atoms with Gasteiger partial charge in [0, 0.05) is 24.0 Å². The van der Waals surface area contributed by atoms with Crippen LogP contribution in [-0.2, 0) is 4.79 Å². The van der Waals surface area contributed by atoms with Crippen LogP contribution in [0.5, 0.6) is 5.75 Å². The van der Waals surface area contributed by atoms with E-state index in [2.05, 4.69) is 10.3 Å². The Morgan fingerprint density at radius 1 is 1.36 bits per heavy atom. The normalized spacial score (nSPS) is 10.9. The van der Waals surface area contributed by atoms with Gasteiger partial charge in [-0.25, -0.2) is 4.98 Å². The number of amides is 1. The molecule has 0 spiro atoms. The van der Waals surface area contributed by atoms with E-state index in [1.807, 2.05) is 28.8 Å². The molecule has 2 heterocycles. The number of anilines is 1. The molecule has 0 aliphatic heterocycles. The minimum absolute atomic E-state index is 0.129. The van der Waals surface area contributed by atoms with Gasteiger partial charge in [0.2, 0.25) is 5.91 Å². The molecule has 3 aromatic rings. The number of nitro groups is 1. The molecule has 1 aromatic carbocycles. The highest BCUT2D eigenvalue weighted by atomic mass is 16.6. The lowest BCUT2D eigenvalue weighted by atomic mass is 10.2. The summed E-state index contributed by atoms with van der Waals surface area (Å²) in [6, 6.07) is 9.81. The van der Waals surface area contributed by atoms with Crippen molar-refractivity contribution in [2.75, 3.05) is 12.4 Å². The Morgan fingerprint density at radius 2 is 2.20 bits per heavy atom. The summed E-state index contributed by atoms with van der Waals surface area (Å²) in [5.41, 5.74) is 1.60. The second-order valence-corrected chi connectivity index (χ2v) is 5.08. The van der Waals surface area contributed by atoms with E-state index in [-0.39, 0.29) is 11.4 Å². The number of rotatable bonds is 5. The van der Waals surface area contributed by atoms with Crippen LogP contribution in [-0.4, -0.2) is 27.3 Å². The average molecular weight is 338 g/mol. The van der Waals surface area contributed by atoms with Gasteiger partial charge in [0.25, 0.3) is 0 Å². The van der Waals surface area contributed by atoms with Gasteiger partial charge in [-0.2, -0.15) is 0 Å². The summed E-state index contributed by atoms with van der Waals surface area (Å²) >= 11 is 0. The number of pyridine rings is 1. The molecule has 0 aliphatic carbocycles. The largest absolute Gasteiger partial charge is 0.490 e. The number of carbonyl (C=O) groups excluding carboxylic acids is 1. The molecule has 0 atom stereocenters. The predicted octanol–water partition coefficient (Wildman–Crippen LogP) is 2.90. The number of ether oxygens (including phenoxy) is 1. The van der Waals surface area contributed by atoms with Crippen LogP contribution in [0.15, 0.2) is 54.9 Å². The lowest BCUT2D eigenvalue weighted by Crippen LogP contribution is -2.08. The zero-order chi connectivity index (χ0) is 17.8. The molecule has 0 saturated heterocycles. The first-order valence-corrected chi connectivity index (χ1v) is 7.32. The number of nitrogens with one attached hydrogen (secondary N) is 1. The van der Waals surface area contributed by atoms with Gasteiger partial charge in [-0.15, -0.1) is 0 Å². The van der Waals surface area contributed by atoms with Crippen LogP contribution in [0.2, 0.25) is 0 Å². The molecule has 126 valence electrons. The van der Waals surface area contributed by atoms with Crippen LogP contribution in [0.4, 0.5) is 11.4 Å². The first kappa shape index (κ1) is 16.2. The standard InChI is InChI=1S/C17H14N4O4/c1-25-15-7-5-12(10-14(15)21(23)24)19-17(22)8-6-13-11-18-16-4-2-3-9-20(13)16/h2-11H,1H3,(H,19,22)/b8-6+. The van der Waals surface area contributed by atoms with Crippen LogP contribution in [0, 0.1) is 10.1 Å². The van der Waals surface area contributed by atoms with Crippen molar-refractivity contribution in [3.05, 3.63) is 70.7 Å². The molecular formula is C17H14N4O4. The quantitative estimate of drug-likeness (QED) is 0.438. The molecule has 0 aliphatic rings. The number of nitro benzene ring substituents is 1. The minimum Gasteiger partial charge on any atom is -0.490 e. The highest BCUT2D eigenvalue weighted by Crippen LogP contribution is 2.29. The Kier molecular flexibility index (Phi) is 4.42. The van der Waals surface area contributed by atoms with Crippen LogP contribution in [0.25, 0.3) is 11.7 Å². The van der Waals surface area contributed by atoms with Crippen molar-refractivity contribution < 1.29 is 14.5 Å². The molecular weight excluding hydrogens is 324 g/mol. The highest BCUT2D eigenvalue weighted by Gasteiger charge is 2.15. The number of methoxy groups -OCH3 is 1. The topological polar surface area (TPSA) is 98.8 Å². The zero-order valence-corrected chi connectivity index (χ0v) is 13.2. The van der Waals surface area contributed by atoms with Crippen molar-refractivity contribution in [3.63, 3.8) is 0 Å². The van der Waals surface area contributed by atoms with E-state index < -0.39 is 10.8 Å². The fourth-order valence-electron chi connectivity index (χ4n) is 2.33. The van der Waals surface area contributed by atoms with Gasteiger partial charge in [-0.1, -0.05) is 6.07 Å². The van der Waals surface area contributed by atoms with E-state index in [4.69, 9.17) is 4.74 Å². The smallest absolute Gasteiger partial charge is 0.312 e. The summed E-state index contributed by atoms with van der Waals surface area (Å²) in [5.74, 6) is -0.283. The van der Waals surface area contributed by atoms with E-state index in [1.54, 1.807) is 12.3 Å². The highest BCUT2D eigenvalue weighted by molar-refractivity contribution is 6.02. The molecule has 0 bridgehead atoms.